The summed E-state index contributed by atoms with van der Waals surface area (Å²) in [4.78, 5) is 43.2. The molecule has 2 aromatic rings. The highest BCUT2D eigenvalue weighted by molar-refractivity contribution is 6.30. The molecule has 0 radical (unpaired) electrons. The number of amides is 3. The number of rotatable bonds is 5. The summed E-state index contributed by atoms with van der Waals surface area (Å²) in [6.45, 7) is 6.29. The van der Waals surface area contributed by atoms with Gasteiger partial charge in [0.1, 0.15) is 17.2 Å². The highest BCUT2D eigenvalue weighted by Gasteiger charge is 2.28. The van der Waals surface area contributed by atoms with Crippen LogP contribution in [-0.4, -0.2) is 52.5 Å². The van der Waals surface area contributed by atoms with E-state index in [1.165, 1.54) is 30.5 Å². The molecule has 0 bridgehead atoms. The van der Waals surface area contributed by atoms with E-state index in [1.807, 2.05) is 0 Å². The Bertz CT molecular complexity index is 1050. The largest absolute Gasteiger partial charge is 0.444 e. The maximum absolute atomic E-state index is 14.6. The average Bonchev–Trinajstić information content (AvgIpc) is 2.76. The van der Waals surface area contributed by atoms with Crippen LogP contribution in [-0.2, 0) is 16.0 Å². The zero-order valence-corrected chi connectivity index (χ0v) is 20.1. The van der Waals surface area contributed by atoms with Gasteiger partial charge in [-0.25, -0.2) is 14.2 Å². The van der Waals surface area contributed by atoms with Crippen LogP contribution < -0.4 is 10.6 Å². The van der Waals surface area contributed by atoms with E-state index in [1.54, 1.807) is 31.7 Å². The fourth-order valence-electron chi connectivity index (χ4n) is 3.54. The molecule has 3 amide bonds. The Labute approximate surface area is 202 Å². The number of carbonyl (C=O) groups is 3. The number of hydrogen-bond donors (Lipinski definition) is 2. The molecule has 1 saturated heterocycles. The monoisotopic (exact) mass is 490 g/mol. The van der Waals surface area contributed by atoms with Crippen LogP contribution in [0.3, 0.4) is 0 Å². The Kier molecular flexibility index (Phi) is 8.09. The summed E-state index contributed by atoms with van der Waals surface area (Å²) in [5, 5.41) is 5.88. The Morgan fingerprint density at radius 3 is 2.50 bits per heavy atom. The summed E-state index contributed by atoms with van der Waals surface area (Å²) in [5.41, 5.74) is -0.488. The summed E-state index contributed by atoms with van der Waals surface area (Å²) >= 11 is 5.79. The van der Waals surface area contributed by atoms with Gasteiger partial charge >= 0.3 is 6.09 Å². The Balaban J connectivity index is 1.60. The van der Waals surface area contributed by atoms with Crippen LogP contribution in [0, 0.1) is 5.82 Å². The molecule has 1 aromatic carbocycles. The molecule has 0 spiro atoms. The van der Waals surface area contributed by atoms with Crippen molar-refractivity contribution in [3.05, 3.63) is 58.5 Å². The number of nitrogens with zero attached hydrogens (tertiary/aromatic N) is 2. The molecule has 1 aromatic heterocycles. The number of benzene rings is 1. The number of carbonyl (C=O) groups excluding carboxylic acids is 3. The van der Waals surface area contributed by atoms with E-state index < -0.39 is 23.2 Å². The van der Waals surface area contributed by atoms with Gasteiger partial charge in [-0.1, -0.05) is 17.7 Å². The van der Waals surface area contributed by atoms with E-state index in [9.17, 15) is 18.8 Å². The molecule has 2 heterocycles. The smallest absolute Gasteiger partial charge is 0.410 e. The zero-order valence-electron chi connectivity index (χ0n) is 19.4. The number of ether oxygens (including phenoxy) is 1. The molecule has 10 heteroatoms. The fourth-order valence-corrected chi connectivity index (χ4v) is 3.66. The van der Waals surface area contributed by atoms with Gasteiger partial charge in [-0.2, -0.15) is 0 Å². The first kappa shape index (κ1) is 25.4. The van der Waals surface area contributed by atoms with Gasteiger partial charge < -0.3 is 20.3 Å². The van der Waals surface area contributed by atoms with Crippen molar-refractivity contribution in [1.82, 2.24) is 15.2 Å². The van der Waals surface area contributed by atoms with Crippen molar-refractivity contribution in [3.63, 3.8) is 0 Å². The van der Waals surface area contributed by atoms with Crippen LogP contribution >= 0.6 is 11.6 Å². The number of hydrogen-bond acceptors (Lipinski definition) is 5. The zero-order chi connectivity index (χ0) is 24.9. The summed E-state index contributed by atoms with van der Waals surface area (Å²) < 4.78 is 20.0. The van der Waals surface area contributed by atoms with E-state index >= 15 is 0 Å². The third kappa shape index (κ3) is 7.15. The lowest BCUT2D eigenvalue weighted by molar-refractivity contribution is -0.115. The molecule has 0 saturated carbocycles. The molecular weight excluding hydrogens is 463 g/mol. The number of pyridine rings is 1. The number of likely N-dealkylation sites (tertiary alicyclic amines) is 1. The maximum Gasteiger partial charge on any atom is 0.410 e. The number of piperidine rings is 1. The first-order valence-electron chi connectivity index (χ1n) is 11.0. The van der Waals surface area contributed by atoms with Crippen LogP contribution in [0.1, 0.15) is 49.5 Å². The molecule has 2 N–H and O–H groups in total. The average molecular weight is 491 g/mol. The predicted octanol–water partition coefficient (Wildman–Crippen LogP) is 4.18. The van der Waals surface area contributed by atoms with Gasteiger partial charge in [-0.3, -0.25) is 9.59 Å². The number of anilines is 1. The summed E-state index contributed by atoms with van der Waals surface area (Å²) in [6, 6.07) is 7.03. The fraction of sp³-hybridized carbons (Fsp3) is 0.417. The minimum Gasteiger partial charge on any atom is -0.444 e. The van der Waals surface area contributed by atoms with Gasteiger partial charge in [0, 0.05) is 36.5 Å². The second kappa shape index (κ2) is 10.8. The van der Waals surface area contributed by atoms with Crippen LogP contribution in [0.25, 0.3) is 0 Å². The molecule has 182 valence electrons. The van der Waals surface area contributed by atoms with Crippen LogP contribution in [0.4, 0.5) is 15.0 Å². The van der Waals surface area contributed by atoms with Crippen molar-refractivity contribution >= 4 is 35.3 Å². The lowest BCUT2D eigenvalue weighted by atomic mass is 10.0. The summed E-state index contributed by atoms with van der Waals surface area (Å²) in [7, 11) is 0. The molecule has 3 rings (SSSR count). The molecule has 1 aliphatic heterocycles. The maximum atomic E-state index is 14.6. The van der Waals surface area contributed by atoms with Gasteiger partial charge in [-0.05, 0) is 57.9 Å². The minimum atomic E-state index is -0.647. The highest BCUT2D eigenvalue weighted by Crippen LogP contribution is 2.19. The molecule has 1 fully saturated rings. The summed E-state index contributed by atoms with van der Waals surface area (Å²) in [6.07, 6.45) is 1.74. The lowest BCUT2D eigenvalue weighted by Gasteiger charge is -2.33. The van der Waals surface area contributed by atoms with Crippen molar-refractivity contribution < 1.29 is 23.5 Å². The minimum absolute atomic E-state index is 0.00217. The number of nitrogens with one attached hydrogen (secondary N) is 2. The molecule has 1 aliphatic rings. The Morgan fingerprint density at radius 1 is 1.18 bits per heavy atom. The molecule has 8 nitrogen and oxygen atoms in total. The van der Waals surface area contributed by atoms with E-state index in [-0.39, 0.29) is 35.5 Å². The summed E-state index contributed by atoms with van der Waals surface area (Å²) in [5.74, 6) is -1.36. The molecule has 0 aliphatic carbocycles. The van der Waals surface area contributed by atoms with Gasteiger partial charge in [0.2, 0.25) is 5.91 Å². The van der Waals surface area contributed by atoms with Crippen molar-refractivity contribution in [2.75, 3.05) is 18.4 Å². The van der Waals surface area contributed by atoms with Gasteiger partial charge in [0.25, 0.3) is 5.91 Å². The van der Waals surface area contributed by atoms with E-state index in [0.29, 0.717) is 31.0 Å². The molecule has 0 atom stereocenters. The second-order valence-electron chi connectivity index (χ2n) is 9.07. The topological polar surface area (TPSA) is 101 Å². The van der Waals surface area contributed by atoms with Crippen molar-refractivity contribution in [1.29, 1.82) is 0 Å². The first-order chi connectivity index (χ1) is 16.0. The predicted molar refractivity (Wildman–Crippen MR) is 126 cm³/mol. The number of aromatic nitrogens is 1. The lowest BCUT2D eigenvalue weighted by Crippen LogP contribution is -2.48. The third-order valence-corrected chi connectivity index (χ3v) is 5.40. The third-order valence-electron chi connectivity index (χ3n) is 5.18. The SMILES string of the molecule is CC(C)(C)OC(=O)N1CCC(NC(=O)c2cccc(F)c2CC(=O)Nc2ccc(Cl)cn2)CC1. The molecule has 34 heavy (non-hydrogen) atoms. The van der Waals surface area contributed by atoms with E-state index in [4.69, 9.17) is 16.3 Å². The quantitative estimate of drug-likeness (QED) is 0.654. The highest BCUT2D eigenvalue weighted by atomic mass is 35.5. The van der Waals surface area contributed by atoms with Gasteiger partial charge in [0.15, 0.2) is 0 Å². The van der Waals surface area contributed by atoms with Crippen molar-refractivity contribution in [3.8, 4) is 0 Å². The van der Waals surface area contributed by atoms with Crippen LogP contribution in [0.5, 0.6) is 0 Å². The van der Waals surface area contributed by atoms with E-state index in [0.717, 1.165) is 0 Å². The van der Waals surface area contributed by atoms with Gasteiger partial charge in [-0.15, -0.1) is 0 Å². The standard InChI is InChI=1S/C24H28ClFN4O4/c1-24(2,3)34-23(33)30-11-9-16(10-12-30)28-22(32)17-5-4-6-19(26)18(17)13-21(31)29-20-8-7-15(25)14-27-20/h4-8,14,16H,9-13H2,1-3H3,(H,28,32)(H,27,29,31). The van der Waals surface area contributed by atoms with Crippen molar-refractivity contribution in [2.45, 2.75) is 51.7 Å². The second-order valence-corrected chi connectivity index (χ2v) is 9.50. The first-order valence-corrected chi connectivity index (χ1v) is 11.4. The number of halogens is 2. The van der Waals surface area contributed by atoms with Crippen LogP contribution in [0.15, 0.2) is 36.5 Å². The Morgan fingerprint density at radius 2 is 1.88 bits per heavy atom. The van der Waals surface area contributed by atoms with E-state index in [2.05, 4.69) is 15.6 Å². The van der Waals surface area contributed by atoms with Crippen molar-refractivity contribution in [2.24, 2.45) is 0 Å². The normalized spacial score (nSPS) is 14.4. The molecular formula is C24H28ClFN4O4. The Hall–Kier alpha value is -3.20. The van der Waals surface area contributed by atoms with Gasteiger partial charge in [0.05, 0.1) is 11.4 Å². The van der Waals surface area contributed by atoms with Crippen LogP contribution in [0.2, 0.25) is 5.02 Å². The molecule has 0 unspecified atom stereocenters.